The van der Waals surface area contributed by atoms with Crippen LogP contribution in [0.15, 0.2) is 40.9 Å². The highest BCUT2D eigenvalue weighted by atomic mass is 79.9. The van der Waals surface area contributed by atoms with Crippen molar-refractivity contribution >= 4 is 38.9 Å². The number of nitrogens with two attached hydrogens (primary N) is 1. The maximum atomic E-state index is 13.8. The maximum absolute atomic E-state index is 13.8. The molecule has 0 radical (unpaired) electrons. The van der Waals surface area contributed by atoms with Crippen molar-refractivity contribution in [2.24, 2.45) is 0 Å². The molecule has 0 saturated carbocycles. The Morgan fingerprint density at radius 3 is 2.71 bits per heavy atom. The van der Waals surface area contributed by atoms with Gasteiger partial charge in [0.2, 0.25) is 0 Å². The molecule has 4 N–H and O–H groups in total. The summed E-state index contributed by atoms with van der Waals surface area (Å²) in [6, 6.07) is 9.38. The molecular formula is C15H15BrFN3O. The van der Waals surface area contributed by atoms with Crippen molar-refractivity contribution in [1.82, 2.24) is 5.32 Å². The number of carbonyl (C=O) groups excluding carboxylic acids is 1. The predicted octanol–water partition coefficient (Wildman–Crippen LogP) is 3.66. The zero-order valence-electron chi connectivity index (χ0n) is 11.4. The summed E-state index contributed by atoms with van der Waals surface area (Å²) in [5.74, 6) is -0.655. The molecule has 0 unspecified atom stereocenters. The third-order valence-corrected chi connectivity index (χ3v) is 3.32. The molecule has 0 aliphatic heterocycles. The lowest BCUT2D eigenvalue weighted by Gasteiger charge is -2.13. The number of halogens is 2. The number of benzene rings is 2. The number of nitrogen functional groups attached to an aromatic ring is 1. The van der Waals surface area contributed by atoms with Gasteiger partial charge in [-0.2, -0.15) is 0 Å². The number of nitrogens with one attached hydrogen (secondary N) is 2. The second-order valence-corrected chi connectivity index (χ2v) is 5.33. The molecule has 0 aromatic heterocycles. The first-order valence-electron chi connectivity index (χ1n) is 6.41. The van der Waals surface area contributed by atoms with Crippen LogP contribution >= 0.6 is 15.9 Å². The lowest BCUT2D eigenvalue weighted by atomic mass is 10.1. The largest absolute Gasteiger partial charge is 0.399 e. The van der Waals surface area contributed by atoms with Gasteiger partial charge in [0.05, 0.1) is 16.9 Å². The van der Waals surface area contributed by atoms with E-state index in [-0.39, 0.29) is 11.6 Å². The van der Waals surface area contributed by atoms with Crippen molar-refractivity contribution in [3.05, 3.63) is 52.3 Å². The van der Waals surface area contributed by atoms with E-state index in [0.29, 0.717) is 23.5 Å². The third kappa shape index (κ3) is 3.72. The summed E-state index contributed by atoms with van der Waals surface area (Å²) >= 11 is 3.29. The number of hydrogen-bond donors (Lipinski definition) is 3. The number of amides is 1. The average Bonchev–Trinajstić information content (AvgIpc) is 2.43. The van der Waals surface area contributed by atoms with Crippen LogP contribution in [0.5, 0.6) is 0 Å². The Bertz CT molecular complexity index is 676. The first kappa shape index (κ1) is 15.3. The van der Waals surface area contributed by atoms with E-state index in [4.69, 9.17) is 5.73 Å². The third-order valence-electron chi connectivity index (χ3n) is 2.82. The van der Waals surface area contributed by atoms with Crippen molar-refractivity contribution in [3.8, 4) is 0 Å². The number of anilines is 3. The van der Waals surface area contributed by atoms with Crippen LogP contribution in [0.25, 0.3) is 0 Å². The Labute approximate surface area is 130 Å². The van der Waals surface area contributed by atoms with E-state index in [2.05, 4.69) is 26.6 Å². The highest BCUT2D eigenvalue weighted by Gasteiger charge is 2.13. The summed E-state index contributed by atoms with van der Waals surface area (Å²) in [7, 11) is 0. The lowest BCUT2D eigenvalue weighted by Crippen LogP contribution is -2.23. The first-order valence-corrected chi connectivity index (χ1v) is 7.20. The van der Waals surface area contributed by atoms with Gasteiger partial charge in [-0.25, -0.2) is 4.39 Å². The average molecular weight is 352 g/mol. The van der Waals surface area contributed by atoms with Gasteiger partial charge >= 0.3 is 0 Å². The fourth-order valence-corrected chi connectivity index (χ4v) is 2.22. The monoisotopic (exact) mass is 351 g/mol. The first-order chi connectivity index (χ1) is 10.0. The molecule has 0 saturated heterocycles. The molecule has 4 nitrogen and oxygen atoms in total. The molecule has 0 aliphatic carbocycles. The molecule has 2 aromatic rings. The Hall–Kier alpha value is -2.08. The van der Waals surface area contributed by atoms with E-state index in [1.807, 2.05) is 6.92 Å². The molecule has 0 spiro atoms. The van der Waals surface area contributed by atoms with Gasteiger partial charge in [0.25, 0.3) is 5.91 Å². The van der Waals surface area contributed by atoms with Crippen LogP contribution in [0.4, 0.5) is 21.5 Å². The van der Waals surface area contributed by atoms with Crippen LogP contribution in [-0.4, -0.2) is 12.5 Å². The summed E-state index contributed by atoms with van der Waals surface area (Å²) < 4.78 is 14.6. The van der Waals surface area contributed by atoms with E-state index in [1.54, 1.807) is 30.3 Å². The Morgan fingerprint density at radius 1 is 1.24 bits per heavy atom. The van der Waals surface area contributed by atoms with E-state index < -0.39 is 5.82 Å². The molecule has 6 heteroatoms. The van der Waals surface area contributed by atoms with E-state index in [9.17, 15) is 9.18 Å². The minimum absolute atomic E-state index is 0.240. The molecule has 0 heterocycles. The lowest BCUT2D eigenvalue weighted by molar-refractivity contribution is 0.0956. The highest BCUT2D eigenvalue weighted by molar-refractivity contribution is 9.10. The van der Waals surface area contributed by atoms with E-state index >= 15 is 0 Å². The number of carbonyl (C=O) groups is 1. The normalized spacial score (nSPS) is 10.2. The van der Waals surface area contributed by atoms with Gasteiger partial charge in [0.15, 0.2) is 0 Å². The molecule has 0 bridgehead atoms. The molecule has 2 rings (SSSR count). The molecular weight excluding hydrogens is 337 g/mol. The van der Waals surface area contributed by atoms with Gasteiger partial charge in [0, 0.05) is 16.7 Å². The zero-order chi connectivity index (χ0) is 15.4. The van der Waals surface area contributed by atoms with Crippen LogP contribution in [0.2, 0.25) is 0 Å². The minimum Gasteiger partial charge on any atom is -0.399 e. The van der Waals surface area contributed by atoms with Crippen LogP contribution in [-0.2, 0) is 0 Å². The summed E-state index contributed by atoms with van der Waals surface area (Å²) in [4.78, 5) is 12.0. The van der Waals surface area contributed by atoms with Gasteiger partial charge in [-0.3, -0.25) is 4.79 Å². The van der Waals surface area contributed by atoms with Crippen molar-refractivity contribution in [3.63, 3.8) is 0 Å². The van der Waals surface area contributed by atoms with E-state index in [0.717, 1.165) is 4.47 Å². The minimum atomic E-state index is -0.414. The van der Waals surface area contributed by atoms with Gasteiger partial charge in [0.1, 0.15) is 5.82 Å². The van der Waals surface area contributed by atoms with Crippen molar-refractivity contribution in [2.75, 3.05) is 17.6 Å². The highest BCUT2D eigenvalue weighted by Crippen LogP contribution is 2.27. The quantitative estimate of drug-likeness (QED) is 0.736. The second kappa shape index (κ2) is 6.58. The zero-order valence-corrected chi connectivity index (χ0v) is 13.0. The van der Waals surface area contributed by atoms with Crippen LogP contribution < -0.4 is 16.4 Å². The predicted molar refractivity (Wildman–Crippen MR) is 86.2 cm³/mol. The number of rotatable bonds is 4. The summed E-state index contributed by atoms with van der Waals surface area (Å²) in [6.07, 6.45) is 0. The van der Waals surface area contributed by atoms with Crippen LogP contribution in [0, 0.1) is 5.82 Å². The summed E-state index contributed by atoms with van der Waals surface area (Å²) in [5.41, 5.74) is 7.36. The van der Waals surface area contributed by atoms with Crippen molar-refractivity contribution in [1.29, 1.82) is 0 Å². The van der Waals surface area contributed by atoms with Gasteiger partial charge in [-0.1, -0.05) is 15.9 Å². The molecule has 0 atom stereocenters. The van der Waals surface area contributed by atoms with Gasteiger partial charge in [-0.05, 0) is 43.3 Å². The molecule has 0 fully saturated rings. The topological polar surface area (TPSA) is 67.2 Å². The second-order valence-electron chi connectivity index (χ2n) is 4.41. The summed E-state index contributed by atoms with van der Waals surface area (Å²) in [6.45, 7) is 2.34. The molecule has 1 amide bonds. The van der Waals surface area contributed by atoms with Crippen molar-refractivity contribution < 1.29 is 9.18 Å². The number of hydrogen-bond acceptors (Lipinski definition) is 3. The Morgan fingerprint density at radius 2 is 2.00 bits per heavy atom. The van der Waals surface area contributed by atoms with E-state index in [1.165, 1.54) is 6.07 Å². The standard InChI is InChI=1S/C15H15BrFN3O/c1-2-19-15(21)11-5-4-10(18)8-13(11)20-14-7-9(16)3-6-12(14)17/h3-8,20H,2,18H2,1H3,(H,19,21). The molecule has 0 aliphatic rings. The molecule has 21 heavy (non-hydrogen) atoms. The SMILES string of the molecule is CCNC(=O)c1ccc(N)cc1Nc1cc(Br)ccc1F. The maximum Gasteiger partial charge on any atom is 0.253 e. The fourth-order valence-electron chi connectivity index (χ4n) is 1.86. The van der Waals surface area contributed by atoms with Gasteiger partial charge < -0.3 is 16.4 Å². The Balaban J connectivity index is 2.40. The molecule has 110 valence electrons. The Kier molecular flexibility index (Phi) is 4.80. The smallest absolute Gasteiger partial charge is 0.253 e. The molecule has 2 aromatic carbocycles. The van der Waals surface area contributed by atoms with Crippen LogP contribution in [0.1, 0.15) is 17.3 Å². The van der Waals surface area contributed by atoms with Crippen molar-refractivity contribution in [2.45, 2.75) is 6.92 Å². The fraction of sp³-hybridized carbons (Fsp3) is 0.133. The summed E-state index contributed by atoms with van der Waals surface area (Å²) in [5, 5.41) is 5.63. The van der Waals surface area contributed by atoms with Crippen LogP contribution in [0.3, 0.4) is 0 Å². The van der Waals surface area contributed by atoms with Gasteiger partial charge in [-0.15, -0.1) is 0 Å².